The van der Waals surface area contributed by atoms with Crippen LogP contribution < -0.4 is 16.0 Å². The maximum absolute atomic E-state index is 14.5. The number of hydrogen-bond acceptors (Lipinski definition) is 6. The van der Waals surface area contributed by atoms with Gasteiger partial charge in [0, 0.05) is 19.5 Å². The van der Waals surface area contributed by atoms with Gasteiger partial charge in [-0.2, -0.15) is 0 Å². The van der Waals surface area contributed by atoms with Gasteiger partial charge in [0.15, 0.2) is 0 Å². The fraction of sp³-hybridized carbons (Fsp3) is 0.439. The van der Waals surface area contributed by atoms with Crippen molar-refractivity contribution in [3.05, 3.63) is 95.1 Å². The number of likely N-dealkylation sites (N-methyl/N-ethyl adjacent to an activating group) is 1. The molecule has 0 aromatic heterocycles. The number of carbonyl (C=O) groups excluding carboxylic acids is 4. The first-order valence-electron chi connectivity index (χ1n) is 18.3. The maximum atomic E-state index is 14.5. The van der Waals surface area contributed by atoms with E-state index in [1.807, 2.05) is 54.6 Å². The van der Waals surface area contributed by atoms with Crippen LogP contribution >= 0.6 is 0 Å². The highest BCUT2D eigenvalue weighted by atomic mass is 16.5. The summed E-state index contributed by atoms with van der Waals surface area (Å²) in [5, 5.41) is 18.3. The van der Waals surface area contributed by atoms with Gasteiger partial charge in [-0.05, 0) is 71.4 Å². The van der Waals surface area contributed by atoms with Crippen molar-refractivity contribution >= 4 is 29.9 Å². The van der Waals surface area contributed by atoms with Crippen LogP contribution in [0, 0.1) is 5.41 Å². The lowest BCUT2D eigenvalue weighted by Crippen LogP contribution is -2.60. The molecule has 3 aromatic carbocycles. The molecule has 1 heterocycles. The van der Waals surface area contributed by atoms with Crippen molar-refractivity contribution in [3.8, 4) is 11.1 Å². The Bertz CT molecular complexity index is 1840. The lowest BCUT2D eigenvalue weighted by atomic mass is 9.85. The lowest BCUT2D eigenvalue weighted by Gasteiger charge is -2.37. The first kappa shape index (κ1) is 37.4. The zero-order chi connectivity index (χ0) is 38.0. The molecule has 0 saturated carbocycles. The van der Waals surface area contributed by atoms with Crippen molar-refractivity contribution in [1.29, 1.82) is 0 Å². The summed E-state index contributed by atoms with van der Waals surface area (Å²) in [5.41, 5.74) is 5.80. The molecular formula is C41H49N5O7. The molecule has 3 aliphatic rings. The molecule has 12 heteroatoms. The minimum Gasteiger partial charge on any atom is -0.465 e. The molecule has 53 heavy (non-hydrogen) atoms. The van der Waals surface area contributed by atoms with E-state index in [9.17, 15) is 29.1 Å². The highest BCUT2D eigenvalue weighted by Crippen LogP contribution is 2.44. The molecule has 12 nitrogen and oxygen atoms in total. The van der Waals surface area contributed by atoms with E-state index < -0.39 is 53.6 Å². The second kappa shape index (κ2) is 15.3. The molecule has 1 saturated heterocycles. The molecular weight excluding hydrogens is 674 g/mol. The van der Waals surface area contributed by atoms with Gasteiger partial charge in [0.1, 0.15) is 24.7 Å². The van der Waals surface area contributed by atoms with E-state index in [2.05, 4.69) is 34.1 Å². The van der Waals surface area contributed by atoms with Gasteiger partial charge >= 0.3 is 12.2 Å². The summed E-state index contributed by atoms with van der Waals surface area (Å²) >= 11 is 0. The molecule has 3 aromatic rings. The van der Waals surface area contributed by atoms with Gasteiger partial charge in [-0.25, -0.2) is 9.59 Å². The topological polar surface area (TPSA) is 157 Å². The summed E-state index contributed by atoms with van der Waals surface area (Å²) in [6.07, 6.45) is 0.777. The Balaban J connectivity index is 1.20. The SMILES string of the molecule is CC(C(=O)NC(C(=O)N1C[C@@H](NC(=O)OCC2c3ccccc3-c3ccccc32)C[C@H]1C(=O)N[C@@H]1CCCc2ccccc21)C(C)(C)C)N(C)C(=O)O. The van der Waals surface area contributed by atoms with E-state index in [0.717, 1.165) is 52.0 Å². The highest BCUT2D eigenvalue weighted by molar-refractivity contribution is 5.95. The van der Waals surface area contributed by atoms with Crippen LogP contribution in [0.15, 0.2) is 72.8 Å². The van der Waals surface area contributed by atoms with Gasteiger partial charge in [-0.1, -0.05) is 93.6 Å². The van der Waals surface area contributed by atoms with Crippen LogP contribution in [0.25, 0.3) is 11.1 Å². The summed E-state index contributed by atoms with van der Waals surface area (Å²) < 4.78 is 5.81. The summed E-state index contributed by atoms with van der Waals surface area (Å²) in [6, 6.07) is 20.2. The molecule has 6 rings (SSSR count). The van der Waals surface area contributed by atoms with E-state index in [1.54, 1.807) is 20.8 Å². The normalized spacial score (nSPS) is 20.2. The Morgan fingerprint density at radius 3 is 2.13 bits per heavy atom. The van der Waals surface area contributed by atoms with Crippen LogP contribution in [-0.2, 0) is 25.5 Å². The molecule has 0 radical (unpaired) electrons. The number of benzene rings is 3. The molecule has 0 bridgehead atoms. The number of rotatable bonds is 9. The number of carbonyl (C=O) groups is 5. The fourth-order valence-electron chi connectivity index (χ4n) is 7.83. The predicted octanol–water partition coefficient (Wildman–Crippen LogP) is 5.22. The van der Waals surface area contributed by atoms with E-state index >= 15 is 0 Å². The second-order valence-electron chi connectivity index (χ2n) is 15.4. The first-order valence-corrected chi connectivity index (χ1v) is 18.3. The zero-order valence-electron chi connectivity index (χ0n) is 30.9. The van der Waals surface area contributed by atoms with Gasteiger partial charge in [0.05, 0.1) is 12.1 Å². The van der Waals surface area contributed by atoms with Crippen LogP contribution in [0.3, 0.4) is 0 Å². The smallest absolute Gasteiger partial charge is 0.407 e. The quantitative estimate of drug-likeness (QED) is 0.236. The van der Waals surface area contributed by atoms with Crippen LogP contribution in [0.5, 0.6) is 0 Å². The second-order valence-corrected chi connectivity index (χ2v) is 15.4. The Labute approximate surface area is 310 Å². The number of ether oxygens (including phenoxy) is 1. The van der Waals surface area contributed by atoms with Gasteiger partial charge in [-0.15, -0.1) is 0 Å². The first-order chi connectivity index (χ1) is 25.2. The number of fused-ring (bicyclic) bond motifs is 4. The van der Waals surface area contributed by atoms with E-state index in [4.69, 9.17) is 4.74 Å². The summed E-state index contributed by atoms with van der Waals surface area (Å²) in [6.45, 7) is 6.93. The summed E-state index contributed by atoms with van der Waals surface area (Å²) in [4.78, 5) is 69.1. The molecule has 2 aliphatic carbocycles. The zero-order valence-corrected chi connectivity index (χ0v) is 30.9. The largest absolute Gasteiger partial charge is 0.465 e. The van der Waals surface area contributed by atoms with E-state index in [0.29, 0.717) is 0 Å². The van der Waals surface area contributed by atoms with Gasteiger partial charge in [0.25, 0.3) is 0 Å². The number of hydrogen-bond donors (Lipinski definition) is 4. The third kappa shape index (κ3) is 7.86. The molecule has 1 aliphatic heterocycles. The van der Waals surface area contributed by atoms with Crippen LogP contribution in [0.1, 0.15) is 81.2 Å². The number of alkyl carbamates (subject to hydrolysis) is 1. The predicted molar refractivity (Wildman–Crippen MR) is 199 cm³/mol. The van der Waals surface area contributed by atoms with Gasteiger partial charge in [-0.3, -0.25) is 19.3 Å². The van der Waals surface area contributed by atoms with Gasteiger partial charge in [0.2, 0.25) is 17.7 Å². The number of nitrogens with one attached hydrogen (secondary N) is 3. The van der Waals surface area contributed by atoms with Crippen molar-refractivity contribution in [2.75, 3.05) is 20.2 Å². The Morgan fingerprint density at radius 1 is 0.906 bits per heavy atom. The van der Waals surface area contributed by atoms with Crippen LogP contribution in [0.4, 0.5) is 9.59 Å². The number of likely N-dealkylation sites (tertiary alicyclic amines) is 1. The number of nitrogens with zero attached hydrogens (tertiary/aromatic N) is 2. The van der Waals surface area contributed by atoms with Crippen molar-refractivity contribution in [2.45, 2.75) is 89.5 Å². The lowest BCUT2D eigenvalue weighted by molar-refractivity contribution is -0.144. The van der Waals surface area contributed by atoms with Gasteiger partial charge < -0.3 is 30.7 Å². The van der Waals surface area contributed by atoms with Crippen molar-refractivity contribution in [1.82, 2.24) is 25.8 Å². The minimum atomic E-state index is -1.28. The molecule has 5 atom stereocenters. The Hall–Kier alpha value is -5.39. The standard InChI is InChI=1S/C41H49N5O7/c1-24(45(5)40(51)52)36(47)44-35(41(2,3)4)38(49)46-22-26(21-34(46)37(48)43-33-20-12-14-25-13-6-7-15-27(25)33)42-39(50)53-23-32-30-18-10-8-16-28(30)29-17-9-11-19-31(29)32/h6-11,13,15-19,24,26,32-35H,12,14,20-23H2,1-5H3,(H,42,50)(H,43,48)(H,44,47)(H,51,52)/t24?,26-,33+,34-,35?/m0/s1. The molecule has 1 fully saturated rings. The fourth-order valence-corrected chi connectivity index (χ4v) is 7.83. The van der Waals surface area contributed by atoms with E-state index in [-0.39, 0.29) is 37.4 Å². The van der Waals surface area contributed by atoms with Crippen molar-refractivity contribution < 1.29 is 33.8 Å². The molecule has 4 N–H and O–H groups in total. The van der Waals surface area contributed by atoms with Crippen LogP contribution in [-0.4, -0.2) is 89.2 Å². The minimum absolute atomic E-state index is 0.00933. The average molecular weight is 724 g/mol. The third-order valence-electron chi connectivity index (χ3n) is 10.9. The maximum Gasteiger partial charge on any atom is 0.407 e. The third-order valence-corrected chi connectivity index (χ3v) is 10.9. The number of carboxylic acid groups (broad SMARTS) is 1. The average Bonchev–Trinajstić information content (AvgIpc) is 3.70. The number of amides is 5. The molecule has 2 unspecified atom stereocenters. The molecule has 0 spiro atoms. The van der Waals surface area contributed by atoms with E-state index in [1.165, 1.54) is 24.4 Å². The molecule has 280 valence electrons. The Kier molecular flexibility index (Phi) is 10.8. The summed E-state index contributed by atoms with van der Waals surface area (Å²) in [5.74, 6) is -1.63. The monoisotopic (exact) mass is 723 g/mol. The number of aryl methyl sites for hydroxylation is 1. The summed E-state index contributed by atoms with van der Waals surface area (Å²) in [7, 11) is 1.28. The Morgan fingerprint density at radius 2 is 1.51 bits per heavy atom. The van der Waals surface area contributed by atoms with Crippen LogP contribution in [0.2, 0.25) is 0 Å². The van der Waals surface area contributed by atoms with Crippen molar-refractivity contribution in [3.63, 3.8) is 0 Å². The highest BCUT2D eigenvalue weighted by Gasteiger charge is 2.46. The van der Waals surface area contributed by atoms with Crippen molar-refractivity contribution in [2.24, 2.45) is 5.41 Å². The molecule has 5 amide bonds.